The number of carbonyl (C=O) groups is 2. The molecule has 0 atom stereocenters. The molecule has 0 aliphatic carbocycles. The average molecular weight is 348 g/mol. The Hall–Kier alpha value is -1.88. The van der Waals surface area contributed by atoms with E-state index in [4.69, 9.17) is 0 Å². The van der Waals surface area contributed by atoms with Gasteiger partial charge in [0.15, 0.2) is 0 Å². The molecular formula is C20H33N3O2. The van der Waals surface area contributed by atoms with Gasteiger partial charge in [0, 0.05) is 11.2 Å². The van der Waals surface area contributed by atoms with Gasteiger partial charge in [-0.05, 0) is 51.3 Å². The molecule has 0 saturated heterocycles. The van der Waals surface area contributed by atoms with Crippen LogP contribution in [0.5, 0.6) is 0 Å². The number of benzene rings is 1. The standard InChI is InChI=1S/C20H33N3O2/c1-8-23(13-18(25)22-20(5,6)7)12-17(24)21-19-15(4)10-9-11-16(19)14(2)3/h9-11,14H,8,12-13H2,1-7H3,(H,21,24)(H,22,25). The van der Waals surface area contributed by atoms with E-state index in [1.807, 2.05) is 57.7 Å². The summed E-state index contributed by atoms with van der Waals surface area (Å²) in [7, 11) is 0. The third kappa shape index (κ3) is 7.26. The normalized spacial score (nSPS) is 11.7. The fraction of sp³-hybridized carbons (Fsp3) is 0.600. The molecule has 0 aromatic heterocycles. The molecule has 1 rings (SSSR count). The summed E-state index contributed by atoms with van der Waals surface area (Å²) in [6.45, 7) is 15.0. The summed E-state index contributed by atoms with van der Waals surface area (Å²) < 4.78 is 0. The Labute approximate surface area is 152 Å². The lowest BCUT2D eigenvalue weighted by atomic mass is 9.98. The fourth-order valence-corrected chi connectivity index (χ4v) is 2.66. The number of rotatable bonds is 7. The second-order valence-corrected chi connectivity index (χ2v) is 7.84. The van der Waals surface area contributed by atoms with Gasteiger partial charge in [-0.15, -0.1) is 0 Å². The van der Waals surface area contributed by atoms with Crippen LogP contribution in [-0.4, -0.2) is 41.9 Å². The third-order valence-electron chi connectivity index (χ3n) is 3.89. The van der Waals surface area contributed by atoms with Crippen LogP contribution in [0.2, 0.25) is 0 Å². The van der Waals surface area contributed by atoms with Gasteiger partial charge in [-0.2, -0.15) is 0 Å². The van der Waals surface area contributed by atoms with Crippen molar-refractivity contribution in [2.45, 2.75) is 59.9 Å². The average Bonchev–Trinajstić information content (AvgIpc) is 2.46. The van der Waals surface area contributed by atoms with E-state index in [9.17, 15) is 9.59 Å². The molecule has 5 heteroatoms. The van der Waals surface area contributed by atoms with Crippen molar-refractivity contribution in [2.24, 2.45) is 0 Å². The zero-order valence-electron chi connectivity index (χ0n) is 16.7. The SMILES string of the molecule is CCN(CC(=O)Nc1c(C)cccc1C(C)C)CC(=O)NC(C)(C)C. The van der Waals surface area contributed by atoms with Crippen LogP contribution in [0.4, 0.5) is 5.69 Å². The number of aryl methyl sites for hydroxylation is 1. The number of anilines is 1. The maximum atomic E-state index is 12.5. The maximum Gasteiger partial charge on any atom is 0.238 e. The van der Waals surface area contributed by atoms with Crippen molar-refractivity contribution in [3.63, 3.8) is 0 Å². The van der Waals surface area contributed by atoms with Crippen LogP contribution in [0.15, 0.2) is 18.2 Å². The Bertz CT molecular complexity index is 603. The summed E-state index contributed by atoms with van der Waals surface area (Å²) in [5.41, 5.74) is 2.79. The first kappa shape index (κ1) is 21.2. The van der Waals surface area contributed by atoms with E-state index in [1.54, 1.807) is 0 Å². The predicted octanol–water partition coefficient (Wildman–Crippen LogP) is 3.29. The number of amides is 2. The summed E-state index contributed by atoms with van der Waals surface area (Å²) in [5, 5.41) is 5.96. The molecule has 2 N–H and O–H groups in total. The summed E-state index contributed by atoms with van der Waals surface area (Å²) in [5.74, 6) is 0.164. The van der Waals surface area contributed by atoms with Crippen LogP contribution in [0.3, 0.4) is 0 Å². The number of hydrogen-bond acceptors (Lipinski definition) is 3. The minimum atomic E-state index is -0.272. The molecule has 0 spiro atoms. The van der Waals surface area contributed by atoms with Crippen molar-refractivity contribution in [2.75, 3.05) is 25.0 Å². The summed E-state index contributed by atoms with van der Waals surface area (Å²) in [6, 6.07) is 6.05. The van der Waals surface area contributed by atoms with E-state index in [0.717, 1.165) is 16.8 Å². The highest BCUT2D eigenvalue weighted by atomic mass is 16.2. The molecule has 0 unspecified atom stereocenters. The first-order chi connectivity index (χ1) is 11.5. The van der Waals surface area contributed by atoms with E-state index in [0.29, 0.717) is 12.5 Å². The molecule has 0 aliphatic heterocycles. The van der Waals surface area contributed by atoms with E-state index in [2.05, 4.69) is 24.5 Å². The number of para-hydroxylation sites is 1. The van der Waals surface area contributed by atoms with Gasteiger partial charge in [-0.3, -0.25) is 14.5 Å². The molecule has 140 valence electrons. The van der Waals surface area contributed by atoms with Gasteiger partial charge in [-0.25, -0.2) is 0 Å². The van der Waals surface area contributed by atoms with Gasteiger partial charge < -0.3 is 10.6 Å². The molecule has 1 aromatic rings. The molecule has 0 bridgehead atoms. The first-order valence-corrected chi connectivity index (χ1v) is 8.96. The lowest BCUT2D eigenvalue weighted by Crippen LogP contribution is -2.47. The van der Waals surface area contributed by atoms with Crippen molar-refractivity contribution in [3.05, 3.63) is 29.3 Å². The van der Waals surface area contributed by atoms with Crippen LogP contribution in [0, 0.1) is 6.92 Å². The molecule has 5 nitrogen and oxygen atoms in total. The molecule has 0 fully saturated rings. The monoisotopic (exact) mass is 347 g/mol. The van der Waals surface area contributed by atoms with Gasteiger partial charge in [0.2, 0.25) is 11.8 Å². The summed E-state index contributed by atoms with van der Waals surface area (Å²) in [4.78, 5) is 26.4. The highest BCUT2D eigenvalue weighted by Gasteiger charge is 2.19. The quantitative estimate of drug-likeness (QED) is 0.795. The van der Waals surface area contributed by atoms with Crippen LogP contribution in [0.25, 0.3) is 0 Å². The van der Waals surface area contributed by atoms with Gasteiger partial charge in [0.05, 0.1) is 13.1 Å². The number of nitrogens with one attached hydrogen (secondary N) is 2. The number of hydrogen-bond donors (Lipinski definition) is 2. The molecule has 2 amide bonds. The van der Waals surface area contributed by atoms with Crippen LogP contribution >= 0.6 is 0 Å². The molecule has 25 heavy (non-hydrogen) atoms. The zero-order chi connectivity index (χ0) is 19.2. The lowest BCUT2D eigenvalue weighted by Gasteiger charge is -2.25. The second kappa shape index (κ2) is 8.99. The Kier molecular flexibility index (Phi) is 7.61. The lowest BCUT2D eigenvalue weighted by molar-refractivity contribution is -0.124. The van der Waals surface area contributed by atoms with Crippen molar-refractivity contribution >= 4 is 17.5 Å². The molecule has 0 aliphatic rings. The number of carbonyl (C=O) groups excluding carboxylic acids is 2. The fourth-order valence-electron chi connectivity index (χ4n) is 2.66. The zero-order valence-corrected chi connectivity index (χ0v) is 16.7. The first-order valence-electron chi connectivity index (χ1n) is 8.96. The summed E-state index contributed by atoms with van der Waals surface area (Å²) in [6.07, 6.45) is 0. The van der Waals surface area contributed by atoms with E-state index in [-0.39, 0.29) is 30.4 Å². The molecule has 0 radical (unpaired) electrons. The van der Waals surface area contributed by atoms with Crippen molar-refractivity contribution in [3.8, 4) is 0 Å². The predicted molar refractivity (Wildman–Crippen MR) is 104 cm³/mol. The number of nitrogens with zero attached hydrogens (tertiary/aromatic N) is 1. The van der Waals surface area contributed by atoms with Gasteiger partial charge in [0.1, 0.15) is 0 Å². The molecule has 1 aromatic carbocycles. The van der Waals surface area contributed by atoms with Crippen molar-refractivity contribution < 1.29 is 9.59 Å². The highest BCUT2D eigenvalue weighted by Crippen LogP contribution is 2.27. The minimum Gasteiger partial charge on any atom is -0.350 e. The van der Waals surface area contributed by atoms with Crippen molar-refractivity contribution in [1.29, 1.82) is 0 Å². The van der Waals surface area contributed by atoms with E-state index in [1.165, 1.54) is 0 Å². The Morgan fingerprint density at radius 1 is 1.12 bits per heavy atom. The maximum absolute atomic E-state index is 12.5. The third-order valence-corrected chi connectivity index (χ3v) is 3.89. The molecular weight excluding hydrogens is 314 g/mol. The van der Waals surface area contributed by atoms with Gasteiger partial charge >= 0.3 is 0 Å². The van der Waals surface area contributed by atoms with Gasteiger partial charge in [-0.1, -0.05) is 39.0 Å². The van der Waals surface area contributed by atoms with E-state index < -0.39 is 0 Å². The Balaban J connectivity index is 2.73. The van der Waals surface area contributed by atoms with Crippen LogP contribution in [0.1, 0.15) is 58.6 Å². The van der Waals surface area contributed by atoms with Crippen LogP contribution in [-0.2, 0) is 9.59 Å². The van der Waals surface area contributed by atoms with Crippen molar-refractivity contribution in [1.82, 2.24) is 10.2 Å². The summed E-state index contributed by atoms with van der Waals surface area (Å²) >= 11 is 0. The minimum absolute atomic E-state index is 0.0686. The largest absolute Gasteiger partial charge is 0.350 e. The van der Waals surface area contributed by atoms with Gasteiger partial charge in [0.25, 0.3) is 0 Å². The number of likely N-dealkylation sites (N-methyl/N-ethyl adjacent to an activating group) is 1. The Morgan fingerprint density at radius 2 is 1.72 bits per heavy atom. The van der Waals surface area contributed by atoms with E-state index >= 15 is 0 Å². The Morgan fingerprint density at radius 3 is 2.24 bits per heavy atom. The topological polar surface area (TPSA) is 61.4 Å². The molecule has 0 saturated carbocycles. The highest BCUT2D eigenvalue weighted by molar-refractivity contribution is 5.94. The smallest absolute Gasteiger partial charge is 0.238 e. The second-order valence-electron chi connectivity index (χ2n) is 7.84. The van der Waals surface area contributed by atoms with Crippen LogP contribution < -0.4 is 10.6 Å². The molecule has 0 heterocycles.